The Morgan fingerprint density at radius 2 is 2.15 bits per heavy atom. The van der Waals surface area contributed by atoms with Crippen molar-refractivity contribution in [3.05, 3.63) is 5.69 Å². The molecule has 0 aromatic carbocycles. The van der Waals surface area contributed by atoms with Crippen molar-refractivity contribution in [3.8, 4) is 0 Å². The summed E-state index contributed by atoms with van der Waals surface area (Å²) in [7, 11) is 1.91. The number of aromatic nitrogens is 3. The molecule has 7 heteroatoms. The fourth-order valence-corrected chi connectivity index (χ4v) is 3.66. The average Bonchev–Trinajstić information content (AvgIpc) is 2.98. The highest BCUT2D eigenvalue weighted by Crippen LogP contribution is 2.33. The van der Waals surface area contributed by atoms with E-state index in [4.69, 9.17) is 4.74 Å². The molecule has 6 nitrogen and oxygen atoms in total. The van der Waals surface area contributed by atoms with Crippen LogP contribution in [0.1, 0.15) is 19.5 Å². The summed E-state index contributed by atoms with van der Waals surface area (Å²) < 4.78 is 8.67. The van der Waals surface area contributed by atoms with Gasteiger partial charge in [-0.15, -0.1) is 0 Å². The molecule has 2 atom stereocenters. The first-order chi connectivity index (χ1) is 9.45. The normalized spacial score (nSPS) is 23.4. The molecule has 2 unspecified atom stereocenters. The average molecular weight is 296 g/mol. The molecule has 20 heavy (non-hydrogen) atoms. The summed E-state index contributed by atoms with van der Waals surface area (Å²) in [5, 5.41) is 15.4. The fourth-order valence-electron chi connectivity index (χ4n) is 2.61. The largest absolute Gasteiger partial charge is 0.388 e. The van der Waals surface area contributed by atoms with Crippen LogP contribution in [0.2, 0.25) is 0 Å². The second-order valence-corrected chi connectivity index (χ2v) is 6.53. The van der Waals surface area contributed by atoms with E-state index < -0.39 is 6.10 Å². The van der Waals surface area contributed by atoms with Crippen molar-refractivity contribution >= 4 is 26.8 Å². The molecule has 1 fully saturated rings. The number of hydrogen-bond acceptors (Lipinski definition) is 6. The molecule has 0 aliphatic carbocycles. The molecule has 0 saturated carbocycles. The number of aliphatic hydroxyl groups is 1. The molecule has 1 saturated heterocycles. The Morgan fingerprint density at radius 1 is 1.40 bits per heavy atom. The van der Waals surface area contributed by atoms with Gasteiger partial charge in [-0.25, -0.2) is 9.67 Å². The Hall–Kier alpha value is -1.18. The van der Waals surface area contributed by atoms with Gasteiger partial charge in [-0.1, -0.05) is 11.3 Å². The van der Waals surface area contributed by atoms with Crippen LogP contribution in [0.3, 0.4) is 0 Å². The summed E-state index contributed by atoms with van der Waals surface area (Å²) >= 11 is 1.63. The highest BCUT2D eigenvalue weighted by atomic mass is 32.1. The maximum absolute atomic E-state index is 10.1. The number of rotatable bonds is 3. The lowest BCUT2D eigenvalue weighted by atomic mass is 10.2. The van der Waals surface area contributed by atoms with Crippen LogP contribution in [0.4, 0.5) is 5.13 Å². The third-order valence-corrected chi connectivity index (χ3v) is 4.70. The van der Waals surface area contributed by atoms with Gasteiger partial charge in [-0.05, 0) is 20.8 Å². The van der Waals surface area contributed by atoms with Gasteiger partial charge in [0.25, 0.3) is 0 Å². The van der Waals surface area contributed by atoms with Crippen LogP contribution in [0.15, 0.2) is 0 Å². The molecular weight excluding hydrogens is 276 g/mol. The Labute approximate surface area is 122 Å². The van der Waals surface area contributed by atoms with Crippen LogP contribution in [0.25, 0.3) is 10.3 Å². The van der Waals surface area contributed by atoms with E-state index in [2.05, 4.69) is 15.0 Å². The van der Waals surface area contributed by atoms with Crippen LogP contribution in [-0.2, 0) is 11.8 Å². The van der Waals surface area contributed by atoms with E-state index in [0.29, 0.717) is 13.1 Å². The molecule has 0 amide bonds. The van der Waals surface area contributed by atoms with Crippen LogP contribution >= 0.6 is 11.3 Å². The van der Waals surface area contributed by atoms with Gasteiger partial charge in [0, 0.05) is 20.1 Å². The van der Waals surface area contributed by atoms with E-state index in [1.54, 1.807) is 16.0 Å². The zero-order chi connectivity index (χ0) is 14.4. The lowest BCUT2D eigenvalue weighted by molar-refractivity contribution is -0.0386. The first-order valence-electron chi connectivity index (χ1n) is 6.84. The summed E-state index contributed by atoms with van der Waals surface area (Å²) in [4.78, 5) is 6.74. The van der Waals surface area contributed by atoms with E-state index in [1.165, 1.54) is 0 Å². The van der Waals surface area contributed by atoms with Gasteiger partial charge in [-0.3, -0.25) is 0 Å². The van der Waals surface area contributed by atoms with Gasteiger partial charge in [0.05, 0.1) is 22.6 Å². The molecule has 110 valence electrons. The third kappa shape index (κ3) is 2.30. The molecule has 3 heterocycles. The molecule has 2 aromatic heterocycles. The van der Waals surface area contributed by atoms with E-state index in [-0.39, 0.29) is 12.2 Å². The lowest BCUT2D eigenvalue weighted by Crippen LogP contribution is -2.29. The maximum atomic E-state index is 10.1. The molecule has 2 aromatic rings. The van der Waals surface area contributed by atoms with E-state index >= 15 is 0 Å². The molecule has 3 rings (SSSR count). The Bertz CT molecular complexity index is 587. The van der Waals surface area contributed by atoms with Crippen molar-refractivity contribution in [2.45, 2.75) is 39.1 Å². The van der Waals surface area contributed by atoms with Gasteiger partial charge in [0.2, 0.25) is 0 Å². The molecule has 1 aliphatic heterocycles. The van der Waals surface area contributed by atoms with Crippen molar-refractivity contribution in [2.75, 3.05) is 18.0 Å². The fraction of sp³-hybridized carbons (Fsp3) is 0.692. The highest BCUT2D eigenvalue weighted by molar-refractivity contribution is 7.22. The number of β-amino-alcohol motifs (C(OH)–C–C–N with tert-alkyl or cyclic N) is 1. The molecule has 0 spiro atoms. The Kier molecular flexibility index (Phi) is 3.43. The summed E-state index contributed by atoms with van der Waals surface area (Å²) in [5.41, 5.74) is 1.91. The van der Waals surface area contributed by atoms with Gasteiger partial charge in [0.15, 0.2) is 10.8 Å². The molecule has 1 N–H and O–H groups in total. The Morgan fingerprint density at radius 3 is 2.80 bits per heavy atom. The summed E-state index contributed by atoms with van der Waals surface area (Å²) in [5.74, 6) is 0. The monoisotopic (exact) mass is 296 g/mol. The SMILES string of the molecule is Cc1nn(C)c2nc(N3CC(O)C(OC(C)C)C3)sc12. The number of aryl methyl sites for hydroxylation is 2. The molecule has 1 aliphatic rings. The van der Waals surface area contributed by atoms with Gasteiger partial charge < -0.3 is 14.7 Å². The van der Waals surface area contributed by atoms with E-state index in [9.17, 15) is 5.11 Å². The number of ether oxygens (including phenoxy) is 1. The smallest absolute Gasteiger partial charge is 0.188 e. The van der Waals surface area contributed by atoms with Crippen LogP contribution in [0, 0.1) is 6.92 Å². The summed E-state index contributed by atoms with van der Waals surface area (Å²) in [6, 6.07) is 0. The van der Waals surface area contributed by atoms with Gasteiger partial charge in [0.1, 0.15) is 6.10 Å². The first-order valence-corrected chi connectivity index (χ1v) is 7.66. The third-order valence-electron chi connectivity index (χ3n) is 3.49. The number of hydrogen-bond donors (Lipinski definition) is 1. The summed E-state index contributed by atoms with van der Waals surface area (Å²) in [6.45, 7) is 7.23. The van der Waals surface area contributed by atoms with Crippen molar-refractivity contribution < 1.29 is 9.84 Å². The minimum absolute atomic E-state index is 0.122. The number of thiazole rings is 1. The minimum Gasteiger partial charge on any atom is -0.388 e. The number of aliphatic hydroxyl groups excluding tert-OH is 1. The van der Waals surface area contributed by atoms with Crippen LogP contribution in [0.5, 0.6) is 0 Å². The topological polar surface area (TPSA) is 63.4 Å². The van der Waals surface area contributed by atoms with Crippen molar-refractivity contribution in [3.63, 3.8) is 0 Å². The van der Waals surface area contributed by atoms with Gasteiger partial charge >= 0.3 is 0 Å². The molecular formula is C13H20N4O2S. The van der Waals surface area contributed by atoms with Crippen LogP contribution < -0.4 is 4.90 Å². The maximum Gasteiger partial charge on any atom is 0.188 e. The molecule has 0 bridgehead atoms. The second-order valence-electron chi connectivity index (χ2n) is 5.55. The quantitative estimate of drug-likeness (QED) is 0.925. The Balaban J connectivity index is 1.83. The zero-order valence-corrected chi connectivity index (χ0v) is 13.0. The number of nitrogens with zero attached hydrogens (tertiary/aromatic N) is 4. The zero-order valence-electron chi connectivity index (χ0n) is 12.2. The van der Waals surface area contributed by atoms with E-state index in [1.807, 2.05) is 27.8 Å². The lowest BCUT2D eigenvalue weighted by Gasteiger charge is -2.17. The standard InChI is InChI=1S/C13H20N4O2S/c1-7(2)19-10-6-17(5-9(10)18)13-14-12-11(20-13)8(3)15-16(12)4/h7,9-10,18H,5-6H2,1-4H3. The van der Waals surface area contributed by atoms with E-state index in [0.717, 1.165) is 21.2 Å². The van der Waals surface area contributed by atoms with Crippen molar-refractivity contribution in [1.82, 2.24) is 14.8 Å². The van der Waals surface area contributed by atoms with Crippen molar-refractivity contribution in [2.24, 2.45) is 7.05 Å². The highest BCUT2D eigenvalue weighted by Gasteiger charge is 2.34. The van der Waals surface area contributed by atoms with Gasteiger partial charge in [-0.2, -0.15) is 5.10 Å². The van der Waals surface area contributed by atoms with Crippen LogP contribution in [-0.4, -0.2) is 51.3 Å². The second kappa shape index (κ2) is 4.98. The predicted molar refractivity (Wildman–Crippen MR) is 79.4 cm³/mol. The number of fused-ring (bicyclic) bond motifs is 1. The number of anilines is 1. The van der Waals surface area contributed by atoms with Crippen molar-refractivity contribution in [1.29, 1.82) is 0 Å². The molecule has 0 radical (unpaired) electrons. The minimum atomic E-state index is -0.455. The first kappa shape index (κ1) is 13.8. The summed E-state index contributed by atoms with van der Waals surface area (Å²) in [6.07, 6.45) is -0.471. The predicted octanol–water partition coefficient (Wildman–Crippen LogP) is 1.31.